The molecule has 1 aliphatic rings. The van der Waals surface area contributed by atoms with Gasteiger partial charge in [-0.15, -0.1) is 0 Å². The molecule has 1 fully saturated rings. The van der Waals surface area contributed by atoms with E-state index in [4.69, 9.17) is 4.98 Å². The Hall–Kier alpha value is -4.67. The van der Waals surface area contributed by atoms with Crippen LogP contribution in [0.4, 0.5) is 5.69 Å². The second-order valence-electron chi connectivity index (χ2n) is 8.70. The fraction of sp³-hybridized carbons (Fsp3) is 0.240. The molecule has 180 valence electrons. The average Bonchev–Trinajstić information content (AvgIpc) is 3.67. The van der Waals surface area contributed by atoms with E-state index in [0.29, 0.717) is 46.0 Å². The highest BCUT2D eigenvalue weighted by Gasteiger charge is 2.24. The Bertz CT molecular complexity index is 1610. The molecule has 0 unspecified atom stereocenters. The number of amides is 2. The highest BCUT2D eigenvalue weighted by Crippen LogP contribution is 2.30. The highest BCUT2D eigenvalue weighted by atomic mass is 16.2. The maximum atomic E-state index is 13.1. The summed E-state index contributed by atoms with van der Waals surface area (Å²) in [5.74, 6) is 0.378. The van der Waals surface area contributed by atoms with E-state index in [2.05, 4.69) is 35.5 Å². The summed E-state index contributed by atoms with van der Waals surface area (Å²) in [4.78, 5) is 47.8. The van der Waals surface area contributed by atoms with E-state index in [1.54, 1.807) is 37.8 Å². The monoisotopic (exact) mass is 481 g/mol. The number of imidazole rings is 1. The first-order valence-corrected chi connectivity index (χ1v) is 11.8. The van der Waals surface area contributed by atoms with Crippen molar-refractivity contribution in [3.05, 3.63) is 48.5 Å². The van der Waals surface area contributed by atoms with Crippen LogP contribution in [-0.4, -0.2) is 64.9 Å². The van der Waals surface area contributed by atoms with Crippen molar-refractivity contribution >= 4 is 39.7 Å². The summed E-state index contributed by atoms with van der Waals surface area (Å²) in [6.45, 7) is 3.32. The number of carbonyl (C=O) groups excluding carboxylic acids is 2. The van der Waals surface area contributed by atoms with Crippen molar-refractivity contribution in [2.24, 2.45) is 0 Å². The zero-order chi connectivity index (χ0) is 24.6. The third-order valence-electron chi connectivity index (χ3n) is 6.33. The minimum absolute atomic E-state index is 0.0312. The van der Waals surface area contributed by atoms with Gasteiger partial charge in [0, 0.05) is 49.2 Å². The minimum atomic E-state index is -0.0827. The number of carbonyl (C=O) groups is 2. The van der Waals surface area contributed by atoms with Crippen LogP contribution in [0.5, 0.6) is 0 Å². The molecule has 0 spiro atoms. The Balaban J connectivity index is 1.39. The van der Waals surface area contributed by atoms with Crippen LogP contribution >= 0.6 is 0 Å². The largest absolute Gasteiger partial charge is 0.339 e. The molecule has 0 aromatic carbocycles. The quantitative estimate of drug-likeness (QED) is 0.348. The number of rotatable bonds is 5. The summed E-state index contributed by atoms with van der Waals surface area (Å²) in [6, 6.07) is 5.51. The number of aromatic nitrogens is 7. The number of anilines is 1. The van der Waals surface area contributed by atoms with Gasteiger partial charge in [-0.05, 0) is 31.0 Å². The Morgan fingerprint density at radius 3 is 2.72 bits per heavy atom. The average molecular weight is 482 g/mol. The molecular weight excluding hydrogens is 458 g/mol. The third-order valence-corrected chi connectivity index (χ3v) is 6.33. The number of nitrogens with one attached hydrogen (secondary N) is 3. The smallest absolute Gasteiger partial charge is 0.256 e. The second-order valence-corrected chi connectivity index (χ2v) is 8.70. The molecule has 0 radical (unpaired) electrons. The standard InChI is InChI=1S/C25H23N9O2/c1-2-19(35)29-16-9-14(11-26-13-16)15-10-18-21(32-33-22(18)28-12-15)24-30-20-17(5-6-27-23(20)31-24)25(36)34-7-3-4-8-34/h5-6,9-13H,2-4,7-8H2,1H3,(H,29,35)(H,27,30,31)(H,28,32,33). The van der Waals surface area contributed by atoms with Gasteiger partial charge in [-0.2, -0.15) is 5.10 Å². The molecule has 0 atom stereocenters. The zero-order valence-electron chi connectivity index (χ0n) is 19.6. The number of hydrogen-bond acceptors (Lipinski definition) is 7. The van der Waals surface area contributed by atoms with Gasteiger partial charge >= 0.3 is 0 Å². The lowest BCUT2D eigenvalue weighted by Crippen LogP contribution is -2.27. The molecule has 3 N–H and O–H groups in total. The summed E-state index contributed by atoms with van der Waals surface area (Å²) in [5, 5.41) is 11.0. The first-order valence-electron chi connectivity index (χ1n) is 11.8. The van der Waals surface area contributed by atoms with Crippen molar-refractivity contribution in [1.82, 2.24) is 40.0 Å². The maximum absolute atomic E-state index is 13.1. The molecule has 2 amide bonds. The van der Waals surface area contributed by atoms with Crippen molar-refractivity contribution in [1.29, 1.82) is 0 Å². The van der Waals surface area contributed by atoms with E-state index >= 15 is 0 Å². The van der Waals surface area contributed by atoms with E-state index < -0.39 is 0 Å². The van der Waals surface area contributed by atoms with Crippen LogP contribution < -0.4 is 5.32 Å². The van der Waals surface area contributed by atoms with Crippen LogP contribution in [0.1, 0.15) is 36.5 Å². The van der Waals surface area contributed by atoms with Crippen LogP contribution in [0.2, 0.25) is 0 Å². The van der Waals surface area contributed by atoms with E-state index in [1.165, 1.54) is 0 Å². The lowest BCUT2D eigenvalue weighted by molar-refractivity contribution is -0.115. The topological polar surface area (TPSA) is 145 Å². The Morgan fingerprint density at radius 2 is 1.89 bits per heavy atom. The fourth-order valence-electron chi connectivity index (χ4n) is 4.44. The lowest BCUT2D eigenvalue weighted by atomic mass is 10.1. The SMILES string of the molecule is CCC(=O)Nc1cncc(-c2cnc3[nH]nc(-c4nc5c(C(=O)N6CCCC6)ccnc5[nH]4)c3c2)c1. The van der Waals surface area contributed by atoms with Crippen molar-refractivity contribution in [2.75, 3.05) is 18.4 Å². The number of H-pyrrole nitrogens is 2. The van der Waals surface area contributed by atoms with Gasteiger partial charge in [0.05, 0.1) is 22.8 Å². The van der Waals surface area contributed by atoms with Crippen molar-refractivity contribution in [3.63, 3.8) is 0 Å². The minimum Gasteiger partial charge on any atom is -0.339 e. The predicted octanol–water partition coefficient (Wildman–Crippen LogP) is 3.54. The molecule has 5 aromatic rings. The van der Waals surface area contributed by atoms with Crippen LogP contribution in [0, 0.1) is 0 Å². The second kappa shape index (κ2) is 8.84. The maximum Gasteiger partial charge on any atom is 0.256 e. The van der Waals surface area contributed by atoms with E-state index in [0.717, 1.165) is 42.4 Å². The number of aromatic amines is 2. The number of fused-ring (bicyclic) bond motifs is 2. The Morgan fingerprint density at radius 1 is 1.06 bits per heavy atom. The van der Waals surface area contributed by atoms with Gasteiger partial charge < -0.3 is 15.2 Å². The first kappa shape index (κ1) is 21.8. The van der Waals surface area contributed by atoms with Gasteiger partial charge in [-0.1, -0.05) is 6.92 Å². The molecule has 0 aliphatic carbocycles. The van der Waals surface area contributed by atoms with Crippen LogP contribution in [0.3, 0.4) is 0 Å². The molecule has 1 aliphatic heterocycles. The van der Waals surface area contributed by atoms with E-state index in [1.807, 2.05) is 17.0 Å². The molecule has 11 heteroatoms. The lowest BCUT2D eigenvalue weighted by Gasteiger charge is -2.14. The van der Waals surface area contributed by atoms with E-state index in [-0.39, 0.29) is 11.8 Å². The fourth-order valence-corrected chi connectivity index (χ4v) is 4.44. The normalized spacial score (nSPS) is 13.5. The third kappa shape index (κ3) is 3.84. The van der Waals surface area contributed by atoms with Crippen molar-refractivity contribution in [3.8, 4) is 22.6 Å². The van der Waals surface area contributed by atoms with Gasteiger partial charge in [0.2, 0.25) is 5.91 Å². The highest BCUT2D eigenvalue weighted by molar-refractivity contribution is 6.05. The summed E-state index contributed by atoms with van der Waals surface area (Å²) < 4.78 is 0. The number of likely N-dealkylation sites (tertiary alicyclic amines) is 1. The molecule has 6 rings (SSSR count). The molecular formula is C25H23N9O2. The number of pyridine rings is 3. The van der Waals surface area contributed by atoms with E-state index in [9.17, 15) is 9.59 Å². The number of hydrogen-bond donors (Lipinski definition) is 3. The Kier molecular flexibility index (Phi) is 5.36. The van der Waals surface area contributed by atoms with Gasteiger partial charge in [-0.3, -0.25) is 19.7 Å². The molecule has 5 aromatic heterocycles. The van der Waals surface area contributed by atoms with Crippen molar-refractivity contribution < 1.29 is 9.59 Å². The van der Waals surface area contributed by atoms with Crippen molar-refractivity contribution in [2.45, 2.75) is 26.2 Å². The van der Waals surface area contributed by atoms with Crippen LogP contribution in [0.25, 0.3) is 44.8 Å². The molecule has 36 heavy (non-hydrogen) atoms. The number of nitrogens with zero attached hydrogens (tertiary/aromatic N) is 6. The molecule has 11 nitrogen and oxygen atoms in total. The molecule has 0 bridgehead atoms. The first-order chi connectivity index (χ1) is 17.6. The molecule has 1 saturated heterocycles. The summed E-state index contributed by atoms with van der Waals surface area (Å²) >= 11 is 0. The van der Waals surface area contributed by atoms with Crippen LogP contribution in [0.15, 0.2) is 43.0 Å². The molecule has 0 saturated carbocycles. The van der Waals surface area contributed by atoms with Crippen LogP contribution in [-0.2, 0) is 4.79 Å². The predicted molar refractivity (Wildman–Crippen MR) is 134 cm³/mol. The summed E-state index contributed by atoms with van der Waals surface area (Å²) in [5.41, 5.74) is 4.97. The van der Waals surface area contributed by atoms with Gasteiger partial charge in [0.15, 0.2) is 17.1 Å². The summed E-state index contributed by atoms with van der Waals surface area (Å²) in [7, 11) is 0. The van der Waals surface area contributed by atoms with Gasteiger partial charge in [0.25, 0.3) is 5.91 Å². The van der Waals surface area contributed by atoms with Gasteiger partial charge in [0.1, 0.15) is 11.2 Å². The Labute approximate surface area is 205 Å². The van der Waals surface area contributed by atoms with Gasteiger partial charge in [-0.25, -0.2) is 15.0 Å². The zero-order valence-corrected chi connectivity index (χ0v) is 19.6. The summed E-state index contributed by atoms with van der Waals surface area (Å²) in [6.07, 6.45) is 9.08. The molecule has 6 heterocycles.